The monoisotopic (exact) mass is 237 g/mol. The van der Waals surface area contributed by atoms with Crippen molar-refractivity contribution in [3.05, 3.63) is 54.6 Å². The number of aromatic nitrogens is 3. The second-order valence-electron chi connectivity index (χ2n) is 3.89. The lowest BCUT2D eigenvalue weighted by Crippen LogP contribution is -1.92. The molecule has 88 valence electrons. The summed E-state index contributed by atoms with van der Waals surface area (Å²) in [7, 11) is 0. The first-order valence-electron chi connectivity index (χ1n) is 5.64. The highest BCUT2D eigenvalue weighted by Gasteiger charge is 2.07. The van der Waals surface area contributed by atoms with Crippen molar-refractivity contribution in [1.29, 1.82) is 0 Å². The third-order valence-corrected chi connectivity index (χ3v) is 2.54. The second kappa shape index (κ2) is 4.41. The first-order valence-corrected chi connectivity index (χ1v) is 5.64. The Hall–Kier alpha value is -2.49. The largest absolute Gasteiger partial charge is 0.460 e. The van der Waals surface area contributed by atoms with Gasteiger partial charge in [0.1, 0.15) is 17.1 Å². The van der Waals surface area contributed by atoms with Crippen molar-refractivity contribution in [2.75, 3.05) is 0 Å². The van der Waals surface area contributed by atoms with Gasteiger partial charge in [-0.15, -0.1) is 0 Å². The van der Waals surface area contributed by atoms with Crippen molar-refractivity contribution in [1.82, 2.24) is 15.0 Å². The molecule has 0 saturated heterocycles. The van der Waals surface area contributed by atoms with Gasteiger partial charge in [0.05, 0.1) is 0 Å². The zero-order chi connectivity index (χ0) is 12.4. The predicted octanol–water partition coefficient (Wildman–Crippen LogP) is 3.11. The van der Waals surface area contributed by atoms with Crippen LogP contribution in [-0.2, 0) is 0 Å². The minimum Gasteiger partial charge on any atom is -0.460 e. The van der Waals surface area contributed by atoms with Crippen LogP contribution in [0.2, 0.25) is 0 Å². The molecule has 0 radical (unpaired) electrons. The topological polar surface area (TPSA) is 51.8 Å². The van der Waals surface area contributed by atoms with Crippen LogP contribution in [0.1, 0.15) is 5.76 Å². The fraction of sp³-hybridized carbons (Fsp3) is 0.0714. The Kier molecular flexibility index (Phi) is 2.61. The third-order valence-electron chi connectivity index (χ3n) is 2.54. The van der Waals surface area contributed by atoms with Gasteiger partial charge in [0.2, 0.25) is 0 Å². The summed E-state index contributed by atoms with van der Waals surface area (Å²) in [5.74, 6) is 2.21. The molecule has 0 amide bonds. The summed E-state index contributed by atoms with van der Waals surface area (Å²) < 4.78 is 5.55. The Morgan fingerprint density at radius 2 is 1.83 bits per heavy atom. The Morgan fingerprint density at radius 1 is 0.889 bits per heavy atom. The van der Waals surface area contributed by atoms with Crippen LogP contribution >= 0.6 is 0 Å². The predicted molar refractivity (Wildman–Crippen MR) is 67.7 cm³/mol. The second-order valence-corrected chi connectivity index (χ2v) is 3.89. The normalized spacial score (nSPS) is 10.5. The van der Waals surface area contributed by atoms with Gasteiger partial charge >= 0.3 is 0 Å². The maximum Gasteiger partial charge on any atom is 0.178 e. The average molecular weight is 237 g/mol. The smallest absolute Gasteiger partial charge is 0.178 e. The molecule has 3 aromatic heterocycles. The summed E-state index contributed by atoms with van der Waals surface area (Å²) in [5.41, 5.74) is 1.52. The van der Waals surface area contributed by atoms with Crippen LogP contribution in [0.4, 0.5) is 0 Å². The van der Waals surface area contributed by atoms with Crippen molar-refractivity contribution in [2.45, 2.75) is 6.92 Å². The highest BCUT2D eigenvalue weighted by Crippen LogP contribution is 2.21. The van der Waals surface area contributed by atoms with Crippen molar-refractivity contribution in [3.63, 3.8) is 0 Å². The highest BCUT2D eigenvalue weighted by molar-refractivity contribution is 5.57. The molecular weight excluding hydrogens is 226 g/mol. The van der Waals surface area contributed by atoms with Gasteiger partial charge in [-0.2, -0.15) is 0 Å². The molecule has 4 nitrogen and oxygen atoms in total. The number of hydrogen-bond donors (Lipinski definition) is 0. The molecule has 0 N–H and O–H groups in total. The minimum absolute atomic E-state index is 0.599. The van der Waals surface area contributed by atoms with Crippen LogP contribution in [0.3, 0.4) is 0 Å². The lowest BCUT2D eigenvalue weighted by atomic mass is 10.3. The van der Waals surface area contributed by atoms with E-state index in [-0.39, 0.29) is 0 Å². The molecule has 0 fully saturated rings. The van der Waals surface area contributed by atoms with Crippen molar-refractivity contribution >= 4 is 0 Å². The molecule has 3 rings (SSSR count). The average Bonchev–Trinajstić information content (AvgIpc) is 2.87. The van der Waals surface area contributed by atoms with Crippen LogP contribution in [-0.4, -0.2) is 15.0 Å². The van der Waals surface area contributed by atoms with Crippen LogP contribution in [0.15, 0.2) is 53.2 Å². The van der Waals surface area contributed by atoms with Gasteiger partial charge in [-0.1, -0.05) is 6.07 Å². The van der Waals surface area contributed by atoms with E-state index < -0.39 is 0 Å². The molecular formula is C14H11N3O. The summed E-state index contributed by atoms with van der Waals surface area (Å²) in [4.78, 5) is 12.9. The summed E-state index contributed by atoms with van der Waals surface area (Å²) in [6.07, 6.45) is 3.44. The van der Waals surface area contributed by atoms with Gasteiger partial charge in [0.25, 0.3) is 0 Å². The third kappa shape index (κ3) is 2.00. The highest BCUT2D eigenvalue weighted by atomic mass is 16.3. The molecule has 0 saturated carbocycles. The molecule has 0 aromatic carbocycles. The lowest BCUT2D eigenvalue weighted by Gasteiger charge is -2.00. The molecule has 0 spiro atoms. The van der Waals surface area contributed by atoms with Gasteiger partial charge in [0, 0.05) is 12.4 Å². The summed E-state index contributed by atoms with van der Waals surface area (Å²) in [6, 6.07) is 11.3. The molecule has 4 heteroatoms. The summed E-state index contributed by atoms with van der Waals surface area (Å²) in [6.45, 7) is 1.91. The first kappa shape index (κ1) is 10.7. The summed E-state index contributed by atoms with van der Waals surface area (Å²) >= 11 is 0. The maximum absolute atomic E-state index is 5.55. The van der Waals surface area contributed by atoms with E-state index in [4.69, 9.17) is 4.42 Å². The maximum atomic E-state index is 5.55. The Balaban J connectivity index is 2.05. The molecule has 3 aromatic rings. The number of furan rings is 1. The van der Waals surface area contributed by atoms with Crippen molar-refractivity contribution in [2.24, 2.45) is 0 Å². The quantitative estimate of drug-likeness (QED) is 0.687. The van der Waals surface area contributed by atoms with E-state index >= 15 is 0 Å². The van der Waals surface area contributed by atoms with Crippen LogP contribution in [0.25, 0.3) is 23.0 Å². The number of hydrogen-bond acceptors (Lipinski definition) is 4. The molecule has 0 bridgehead atoms. The Labute approximate surface area is 104 Å². The number of nitrogens with zero attached hydrogens (tertiary/aromatic N) is 3. The molecule has 0 aliphatic carbocycles. The van der Waals surface area contributed by atoms with Crippen molar-refractivity contribution < 1.29 is 4.42 Å². The van der Waals surface area contributed by atoms with E-state index in [0.29, 0.717) is 5.82 Å². The van der Waals surface area contributed by atoms with Gasteiger partial charge < -0.3 is 4.42 Å². The van der Waals surface area contributed by atoms with Crippen LogP contribution in [0.5, 0.6) is 0 Å². The van der Waals surface area contributed by atoms with Crippen molar-refractivity contribution in [3.8, 4) is 23.0 Å². The first-order chi connectivity index (χ1) is 8.83. The number of pyridine rings is 1. The van der Waals surface area contributed by atoms with Gasteiger partial charge in [-0.05, 0) is 37.3 Å². The zero-order valence-corrected chi connectivity index (χ0v) is 9.87. The fourth-order valence-corrected chi connectivity index (χ4v) is 1.69. The minimum atomic E-state index is 0.599. The standard InChI is InChI=1S/C14H11N3O/c1-10-5-6-13(18-10)11-7-9-16-14(17-11)12-4-2-3-8-15-12/h2-9H,1H3. The Morgan fingerprint density at radius 3 is 2.56 bits per heavy atom. The fourth-order valence-electron chi connectivity index (χ4n) is 1.69. The van der Waals surface area contributed by atoms with Gasteiger partial charge in [-0.3, -0.25) is 4.98 Å². The van der Waals surface area contributed by atoms with E-state index in [1.165, 1.54) is 0 Å². The lowest BCUT2D eigenvalue weighted by molar-refractivity contribution is 0.546. The van der Waals surface area contributed by atoms with E-state index in [2.05, 4.69) is 15.0 Å². The molecule has 18 heavy (non-hydrogen) atoms. The van der Waals surface area contributed by atoms with Gasteiger partial charge in [-0.25, -0.2) is 9.97 Å². The number of rotatable bonds is 2. The van der Waals surface area contributed by atoms with Crippen LogP contribution in [0, 0.1) is 6.92 Å². The molecule has 0 aliphatic rings. The molecule has 0 atom stereocenters. The van der Waals surface area contributed by atoms with Crippen LogP contribution < -0.4 is 0 Å². The van der Waals surface area contributed by atoms with E-state index in [1.807, 2.05) is 43.3 Å². The van der Waals surface area contributed by atoms with Gasteiger partial charge in [0.15, 0.2) is 11.6 Å². The zero-order valence-electron chi connectivity index (χ0n) is 9.87. The SMILES string of the molecule is Cc1ccc(-c2ccnc(-c3ccccn3)n2)o1. The van der Waals surface area contributed by atoms with E-state index in [9.17, 15) is 0 Å². The molecule has 0 aliphatic heterocycles. The summed E-state index contributed by atoms with van der Waals surface area (Å²) in [5, 5.41) is 0. The number of aryl methyl sites for hydroxylation is 1. The van der Waals surface area contributed by atoms with E-state index in [1.54, 1.807) is 12.4 Å². The molecule has 0 unspecified atom stereocenters. The Bertz CT molecular complexity index is 662. The molecule has 3 heterocycles. The van der Waals surface area contributed by atoms with E-state index in [0.717, 1.165) is 22.9 Å².